The third-order valence-electron chi connectivity index (χ3n) is 5.14. The second-order valence-corrected chi connectivity index (χ2v) is 7.99. The molecule has 0 aliphatic heterocycles. The number of carbonyl (C=O) groups excluding carboxylic acids is 3. The molecule has 0 aliphatic rings. The van der Waals surface area contributed by atoms with E-state index in [1.165, 1.54) is 59.9 Å². The molecule has 6 heteroatoms. The molecule has 0 bridgehead atoms. The van der Waals surface area contributed by atoms with Crippen molar-refractivity contribution in [3.8, 4) is 0 Å². The fraction of sp³-hybridized carbons (Fsp3) is 0.750. The molecular weight excluding hydrogens is 432 g/mol. The lowest BCUT2D eigenvalue weighted by Crippen LogP contribution is -1.99. The summed E-state index contributed by atoms with van der Waals surface area (Å²) in [5, 5.41) is 0. The minimum absolute atomic E-state index is 0. The van der Waals surface area contributed by atoms with E-state index in [0.29, 0.717) is 19.3 Å². The van der Waals surface area contributed by atoms with Crippen LogP contribution in [-0.2, 0) is 28.6 Å². The Kier molecular flexibility index (Phi) is 33.1. The molecule has 0 aromatic carbocycles. The molecule has 0 N–H and O–H groups in total. The molecule has 0 heterocycles. The average molecular weight is 485 g/mol. The average Bonchev–Trinajstić information content (AvgIpc) is 2.83. The monoisotopic (exact) mass is 484 g/mol. The smallest absolute Gasteiger partial charge is 0.305 e. The van der Waals surface area contributed by atoms with Gasteiger partial charge in [-0.3, -0.25) is 14.4 Å². The van der Waals surface area contributed by atoms with Crippen molar-refractivity contribution in [3.63, 3.8) is 0 Å². The van der Waals surface area contributed by atoms with Crippen LogP contribution in [0.5, 0.6) is 0 Å². The van der Waals surface area contributed by atoms with Crippen molar-refractivity contribution in [1.82, 2.24) is 0 Å². The first kappa shape index (κ1) is 36.5. The summed E-state index contributed by atoms with van der Waals surface area (Å²) in [4.78, 5) is 32.3. The summed E-state index contributed by atoms with van der Waals surface area (Å²) in [6.45, 7) is 3.53. The van der Waals surface area contributed by atoms with Gasteiger partial charge >= 0.3 is 17.9 Å². The molecule has 0 amide bonds. The van der Waals surface area contributed by atoms with Gasteiger partial charge in [0, 0.05) is 19.3 Å². The van der Waals surface area contributed by atoms with Crippen molar-refractivity contribution in [3.05, 3.63) is 24.8 Å². The predicted molar refractivity (Wildman–Crippen MR) is 141 cm³/mol. The Bertz CT molecular complexity index is 481. The Morgan fingerprint density at radius 1 is 0.529 bits per heavy atom. The van der Waals surface area contributed by atoms with E-state index >= 15 is 0 Å². The van der Waals surface area contributed by atoms with Crippen LogP contribution in [0.25, 0.3) is 0 Å². The lowest BCUT2D eigenvalue weighted by molar-refractivity contribution is -0.141. The Labute approximate surface area is 209 Å². The first-order valence-electron chi connectivity index (χ1n) is 12.5. The van der Waals surface area contributed by atoms with E-state index in [0.717, 1.165) is 51.4 Å². The van der Waals surface area contributed by atoms with Crippen LogP contribution < -0.4 is 0 Å². The Hall–Kier alpha value is -2.11. The number of hydrogen-bond donors (Lipinski definition) is 0. The maximum absolute atomic E-state index is 10.9. The van der Waals surface area contributed by atoms with Gasteiger partial charge in [-0.05, 0) is 51.4 Å². The van der Waals surface area contributed by atoms with Crippen LogP contribution in [0.15, 0.2) is 24.8 Å². The zero-order valence-electron chi connectivity index (χ0n) is 21.4. The topological polar surface area (TPSA) is 78.9 Å². The number of ether oxygens (including phenoxy) is 3. The van der Waals surface area contributed by atoms with Gasteiger partial charge in [0.1, 0.15) is 0 Å². The normalized spacial score (nSPS) is 9.97. The van der Waals surface area contributed by atoms with Crippen molar-refractivity contribution in [2.45, 2.75) is 117 Å². The van der Waals surface area contributed by atoms with Gasteiger partial charge in [-0.2, -0.15) is 0 Å². The highest BCUT2D eigenvalue weighted by atomic mass is 16.5. The molecule has 0 aromatic heterocycles. The van der Waals surface area contributed by atoms with Gasteiger partial charge in [-0.1, -0.05) is 64.2 Å². The molecule has 0 unspecified atom stereocenters. The molecule has 0 aromatic rings. The fourth-order valence-electron chi connectivity index (χ4n) is 3.06. The zero-order chi connectivity index (χ0) is 25.0. The van der Waals surface area contributed by atoms with E-state index in [2.05, 4.69) is 32.9 Å². The standard InChI is InChI=1S/C20H36O4.C7H12O2.CH4/c1-23-19(21)17-15-13-11-9-7-5-3-4-6-8-10-12-14-16-18-20(22)24-2;1-3-4-5-6-7(8)9-2;/h3-4H,5-18H2,1-2H3;3H,1,4-6H2,2H3;1H4. The molecule has 0 radical (unpaired) electrons. The Balaban J connectivity index is -0.000000812. The van der Waals surface area contributed by atoms with Crippen LogP contribution in [-0.4, -0.2) is 39.2 Å². The van der Waals surface area contributed by atoms with Gasteiger partial charge in [0.2, 0.25) is 0 Å². The SMILES string of the molecule is C.C=CCCCC(=O)OC.COC(=O)CCCCCCCC=CCCCCCCCC(=O)OC. The Morgan fingerprint density at radius 3 is 1.21 bits per heavy atom. The highest BCUT2D eigenvalue weighted by Gasteiger charge is 1.99. The first-order chi connectivity index (χ1) is 16.0. The van der Waals surface area contributed by atoms with Crippen LogP contribution >= 0.6 is 0 Å². The Morgan fingerprint density at radius 2 is 0.853 bits per heavy atom. The van der Waals surface area contributed by atoms with Gasteiger partial charge in [0.05, 0.1) is 21.3 Å². The van der Waals surface area contributed by atoms with Crippen molar-refractivity contribution in [1.29, 1.82) is 0 Å². The lowest BCUT2D eigenvalue weighted by atomic mass is 10.1. The third kappa shape index (κ3) is 32.1. The number of unbranched alkanes of at least 4 members (excludes halogenated alkanes) is 11. The minimum atomic E-state index is -0.142. The quantitative estimate of drug-likeness (QED) is 0.0770. The summed E-state index contributed by atoms with van der Waals surface area (Å²) in [6, 6.07) is 0. The summed E-state index contributed by atoms with van der Waals surface area (Å²) in [7, 11) is 4.29. The largest absolute Gasteiger partial charge is 0.469 e. The summed E-state index contributed by atoms with van der Waals surface area (Å²) >= 11 is 0. The van der Waals surface area contributed by atoms with Gasteiger partial charge in [-0.15, -0.1) is 6.58 Å². The molecule has 0 atom stereocenters. The lowest BCUT2D eigenvalue weighted by Gasteiger charge is -2.00. The highest BCUT2D eigenvalue weighted by Crippen LogP contribution is 2.10. The molecule has 34 heavy (non-hydrogen) atoms. The summed E-state index contributed by atoms with van der Waals surface area (Å²) < 4.78 is 13.7. The molecule has 0 aliphatic carbocycles. The maximum atomic E-state index is 10.9. The number of rotatable bonds is 20. The van der Waals surface area contributed by atoms with Crippen molar-refractivity contribution in [2.75, 3.05) is 21.3 Å². The van der Waals surface area contributed by atoms with E-state index < -0.39 is 0 Å². The number of carbonyl (C=O) groups is 3. The molecule has 0 spiro atoms. The first-order valence-corrected chi connectivity index (χ1v) is 12.5. The maximum Gasteiger partial charge on any atom is 0.305 e. The summed E-state index contributed by atoms with van der Waals surface area (Å²) in [5.74, 6) is -0.334. The van der Waals surface area contributed by atoms with Crippen LogP contribution in [0.4, 0.5) is 0 Å². The fourth-order valence-corrected chi connectivity index (χ4v) is 3.06. The number of allylic oxidation sites excluding steroid dienone is 3. The van der Waals surface area contributed by atoms with E-state index in [1.54, 1.807) is 6.08 Å². The minimum Gasteiger partial charge on any atom is -0.469 e. The highest BCUT2D eigenvalue weighted by molar-refractivity contribution is 5.69. The summed E-state index contributed by atoms with van der Waals surface area (Å²) in [6.07, 6.45) is 23.6. The van der Waals surface area contributed by atoms with Gasteiger partial charge in [0.15, 0.2) is 0 Å². The molecule has 0 saturated heterocycles. The number of methoxy groups -OCH3 is 3. The molecular formula is C28H52O6. The number of hydrogen-bond acceptors (Lipinski definition) is 6. The number of esters is 3. The van der Waals surface area contributed by atoms with Crippen LogP contribution in [0.3, 0.4) is 0 Å². The zero-order valence-corrected chi connectivity index (χ0v) is 21.4. The van der Waals surface area contributed by atoms with E-state index in [-0.39, 0.29) is 25.3 Å². The van der Waals surface area contributed by atoms with E-state index in [9.17, 15) is 14.4 Å². The molecule has 0 fully saturated rings. The van der Waals surface area contributed by atoms with Crippen LogP contribution in [0, 0.1) is 0 Å². The van der Waals surface area contributed by atoms with E-state index in [4.69, 9.17) is 0 Å². The van der Waals surface area contributed by atoms with Gasteiger partial charge in [-0.25, -0.2) is 0 Å². The molecule has 0 saturated carbocycles. The van der Waals surface area contributed by atoms with E-state index in [1.807, 2.05) is 0 Å². The van der Waals surface area contributed by atoms with Crippen molar-refractivity contribution < 1.29 is 28.6 Å². The molecule has 0 rings (SSSR count). The van der Waals surface area contributed by atoms with Gasteiger partial charge in [0.25, 0.3) is 0 Å². The summed E-state index contributed by atoms with van der Waals surface area (Å²) in [5.41, 5.74) is 0. The van der Waals surface area contributed by atoms with Crippen molar-refractivity contribution >= 4 is 17.9 Å². The second kappa shape index (κ2) is 30.9. The predicted octanol–water partition coefficient (Wildman–Crippen LogP) is 7.50. The van der Waals surface area contributed by atoms with Gasteiger partial charge < -0.3 is 14.2 Å². The third-order valence-corrected chi connectivity index (χ3v) is 5.14. The van der Waals surface area contributed by atoms with Crippen LogP contribution in [0.1, 0.15) is 117 Å². The van der Waals surface area contributed by atoms with Crippen LogP contribution in [0.2, 0.25) is 0 Å². The van der Waals surface area contributed by atoms with Crippen molar-refractivity contribution in [2.24, 2.45) is 0 Å². The second-order valence-electron chi connectivity index (χ2n) is 7.99. The molecule has 200 valence electrons. The molecule has 6 nitrogen and oxygen atoms in total.